The third-order valence-corrected chi connectivity index (χ3v) is 3.32. The topological polar surface area (TPSA) is 46.3 Å². The molecule has 0 fully saturated rings. The maximum Gasteiger partial charge on any atom is 0.239 e. The third-order valence-electron chi connectivity index (χ3n) is 3.32. The molecule has 0 aromatic heterocycles. The van der Waals surface area contributed by atoms with Crippen molar-refractivity contribution in [2.75, 3.05) is 7.05 Å². The summed E-state index contributed by atoms with van der Waals surface area (Å²) in [6, 6.07) is 3.03. The van der Waals surface area contributed by atoms with Crippen molar-refractivity contribution >= 4 is 5.91 Å². The number of likely N-dealkylation sites (N-methyl/N-ethyl adjacent to an activating group) is 1. The van der Waals surface area contributed by atoms with Crippen LogP contribution in [-0.2, 0) is 11.3 Å². The lowest BCUT2D eigenvalue weighted by atomic mass is 9.99. The quantitative estimate of drug-likeness (QED) is 0.892. The summed E-state index contributed by atoms with van der Waals surface area (Å²) in [6.45, 7) is 4.08. The molecule has 0 saturated heterocycles. The summed E-state index contributed by atoms with van der Waals surface area (Å²) in [5.74, 6) is -1.92. The van der Waals surface area contributed by atoms with Crippen molar-refractivity contribution in [2.24, 2.45) is 11.7 Å². The number of carbonyl (C=O) groups excluding carboxylic acids is 1. The second-order valence-corrected chi connectivity index (χ2v) is 4.85. The average molecular weight is 270 g/mol. The maximum atomic E-state index is 13.1. The molecule has 1 aromatic carbocycles. The second-order valence-electron chi connectivity index (χ2n) is 4.85. The Kier molecular flexibility index (Phi) is 5.42. The Bertz CT molecular complexity index is 451. The van der Waals surface area contributed by atoms with Crippen molar-refractivity contribution in [1.82, 2.24) is 4.90 Å². The Balaban J connectivity index is 2.70. The van der Waals surface area contributed by atoms with Gasteiger partial charge in [-0.3, -0.25) is 4.79 Å². The lowest BCUT2D eigenvalue weighted by Crippen LogP contribution is -2.45. The zero-order chi connectivity index (χ0) is 14.6. The van der Waals surface area contributed by atoms with Crippen LogP contribution >= 0.6 is 0 Å². The molecule has 5 heteroatoms. The van der Waals surface area contributed by atoms with Crippen molar-refractivity contribution in [1.29, 1.82) is 0 Å². The number of rotatable bonds is 5. The molecule has 1 amide bonds. The Morgan fingerprint density at radius 1 is 1.37 bits per heavy atom. The van der Waals surface area contributed by atoms with Crippen LogP contribution in [0, 0.1) is 17.6 Å². The Morgan fingerprint density at radius 3 is 2.53 bits per heavy atom. The van der Waals surface area contributed by atoms with Crippen molar-refractivity contribution in [3.63, 3.8) is 0 Å². The number of halogens is 2. The van der Waals surface area contributed by atoms with Crippen molar-refractivity contribution in [3.8, 4) is 0 Å². The first kappa shape index (κ1) is 15.6. The minimum absolute atomic E-state index is 0.0832. The number of nitrogens with two attached hydrogens (primary N) is 1. The van der Waals surface area contributed by atoms with Crippen LogP contribution in [-0.4, -0.2) is 23.9 Å². The normalized spacial score (nSPS) is 14.0. The molecule has 3 nitrogen and oxygen atoms in total. The fraction of sp³-hybridized carbons (Fsp3) is 0.500. The Labute approximate surface area is 112 Å². The fourth-order valence-corrected chi connectivity index (χ4v) is 1.74. The number of hydrogen-bond acceptors (Lipinski definition) is 2. The van der Waals surface area contributed by atoms with Crippen LogP contribution in [0.15, 0.2) is 18.2 Å². The van der Waals surface area contributed by atoms with E-state index in [-0.39, 0.29) is 18.4 Å². The van der Waals surface area contributed by atoms with Crippen molar-refractivity contribution in [2.45, 2.75) is 32.9 Å². The highest BCUT2D eigenvalue weighted by Gasteiger charge is 2.22. The molecule has 0 unspecified atom stereocenters. The van der Waals surface area contributed by atoms with Gasteiger partial charge in [-0.05, 0) is 23.6 Å². The van der Waals surface area contributed by atoms with Crippen LogP contribution < -0.4 is 5.73 Å². The van der Waals surface area contributed by atoms with Gasteiger partial charge in [0.15, 0.2) is 11.6 Å². The van der Waals surface area contributed by atoms with Crippen LogP contribution in [0.4, 0.5) is 8.78 Å². The zero-order valence-electron chi connectivity index (χ0n) is 11.5. The van der Waals surface area contributed by atoms with E-state index >= 15 is 0 Å². The molecule has 0 aliphatic rings. The van der Waals surface area contributed by atoms with Crippen LogP contribution in [0.5, 0.6) is 0 Å². The average Bonchev–Trinajstić information content (AvgIpc) is 2.40. The van der Waals surface area contributed by atoms with Gasteiger partial charge in [-0.1, -0.05) is 26.3 Å². The maximum absolute atomic E-state index is 13.1. The Morgan fingerprint density at radius 2 is 2.00 bits per heavy atom. The SMILES string of the molecule is CC[C@H](C)[C@H](N)C(=O)N(C)Cc1ccc(F)c(F)c1. The van der Waals surface area contributed by atoms with E-state index in [1.54, 1.807) is 7.05 Å². The highest BCUT2D eigenvalue weighted by Crippen LogP contribution is 2.13. The van der Waals surface area contributed by atoms with E-state index in [0.717, 1.165) is 18.6 Å². The van der Waals surface area contributed by atoms with Crippen LogP contribution in [0.1, 0.15) is 25.8 Å². The molecule has 1 rings (SSSR count). The van der Waals surface area contributed by atoms with Crippen LogP contribution in [0.2, 0.25) is 0 Å². The molecule has 0 bridgehead atoms. The van der Waals surface area contributed by atoms with E-state index < -0.39 is 17.7 Å². The number of hydrogen-bond donors (Lipinski definition) is 1. The van der Waals surface area contributed by atoms with E-state index in [2.05, 4.69) is 0 Å². The lowest BCUT2D eigenvalue weighted by Gasteiger charge is -2.24. The van der Waals surface area contributed by atoms with Gasteiger partial charge in [0.1, 0.15) is 0 Å². The predicted molar refractivity (Wildman–Crippen MR) is 70.3 cm³/mol. The number of carbonyl (C=O) groups is 1. The summed E-state index contributed by atoms with van der Waals surface area (Å²) in [7, 11) is 1.60. The van der Waals surface area contributed by atoms with Gasteiger partial charge in [-0.2, -0.15) is 0 Å². The molecule has 0 heterocycles. The smallest absolute Gasteiger partial charge is 0.239 e. The van der Waals surface area contributed by atoms with Gasteiger partial charge >= 0.3 is 0 Å². The van der Waals surface area contributed by atoms with Crippen LogP contribution in [0.3, 0.4) is 0 Å². The highest BCUT2D eigenvalue weighted by molar-refractivity contribution is 5.81. The van der Waals surface area contributed by atoms with Gasteiger partial charge in [-0.25, -0.2) is 8.78 Å². The second kappa shape index (κ2) is 6.61. The molecular formula is C14H20F2N2O. The lowest BCUT2D eigenvalue weighted by molar-refractivity contribution is -0.132. The first-order valence-electron chi connectivity index (χ1n) is 6.31. The first-order chi connectivity index (χ1) is 8.86. The summed E-state index contributed by atoms with van der Waals surface area (Å²) >= 11 is 0. The summed E-state index contributed by atoms with van der Waals surface area (Å²) in [6.07, 6.45) is 0.811. The van der Waals surface area contributed by atoms with Crippen molar-refractivity contribution in [3.05, 3.63) is 35.4 Å². The van der Waals surface area contributed by atoms with Gasteiger partial charge in [0, 0.05) is 13.6 Å². The van der Waals surface area contributed by atoms with E-state index in [0.29, 0.717) is 5.56 Å². The van der Waals surface area contributed by atoms with Crippen molar-refractivity contribution < 1.29 is 13.6 Å². The number of benzene rings is 1. The number of amides is 1. The minimum Gasteiger partial charge on any atom is -0.340 e. The molecule has 106 valence electrons. The van der Waals surface area contributed by atoms with Gasteiger partial charge in [0.05, 0.1) is 6.04 Å². The molecule has 2 N–H and O–H groups in total. The largest absolute Gasteiger partial charge is 0.340 e. The summed E-state index contributed by atoms with van der Waals surface area (Å²) in [5, 5.41) is 0. The third kappa shape index (κ3) is 3.99. The summed E-state index contributed by atoms with van der Waals surface area (Å²) in [4.78, 5) is 13.5. The monoisotopic (exact) mass is 270 g/mol. The molecule has 2 atom stereocenters. The highest BCUT2D eigenvalue weighted by atomic mass is 19.2. The summed E-state index contributed by atoms with van der Waals surface area (Å²) in [5.41, 5.74) is 6.39. The van der Waals surface area contributed by atoms with Crippen LogP contribution in [0.25, 0.3) is 0 Å². The molecule has 19 heavy (non-hydrogen) atoms. The van der Waals surface area contributed by atoms with Gasteiger partial charge in [-0.15, -0.1) is 0 Å². The molecule has 0 spiro atoms. The van der Waals surface area contributed by atoms with E-state index in [1.807, 2.05) is 13.8 Å². The van der Waals surface area contributed by atoms with E-state index in [1.165, 1.54) is 11.0 Å². The molecular weight excluding hydrogens is 250 g/mol. The Hall–Kier alpha value is -1.49. The van der Waals surface area contributed by atoms with E-state index in [4.69, 9.17) is 5.73 Å². The molecule has 1 aromatic rings. The predicted octanol–water partition coefficient (Wildman–Crippen LogP) is 2.30. The van der Waals surface area contributed by atoms with Gasteiger partial charge in [0.2, 0.25) is 5.91 Å². The molecule has 0 aliphatic carbocycles. The zero-order valence-corrected chi connectivity index (χ0v) is 11.5. The van der Waals surface area contributed by atoms with E-state index in [9.17, 15) is 13.6 Å². The standard InChI is InChI=1S/C14H20F2N2O/c1-4-9(2)13(17)14(19)18(3)8-10-5-6-11(15)12(16)7-10/h5-7,9,13H,4,8,17H2,1-3H3/t9-,13-/m0/s1. The summed E-state index contributed by atoms with van der Waals surface area (Å²) < 4.78 is 25.9. The van der Waals surface area contributed by atoms with Gasteiger partial charge < -0.3 is 10.6 Å². The molecule has 0 saturated carbocycles. The molecule has 0 radical (unpaired) electrons. The molecule has 0 aliphatic heterocycles. The first-order valence-corrected chi connectivity index (χ1v) is 6.31. The number of nitrogens with zero attached hydrogens (tertiary/aromatic N) is 1. The van der Waals surface area contributed by atoms with Gasteiger partial charge in [0.25, 0.3) is 0 Å². The fourth-order valence-electron chi connectivity index (χ4n) is 1.74. The minimum atomic E-state index is -0.912.